The van der Waals surface area contributed by atoms with Crippen LogP contribution in [0, 0.1) is 5.92 Å². The Morgan fingerprint density at radius 3 is 3.07 bits per heavy atom. The second-order valence-electron chi connectivity index (χ2n) is 4.89. The summed E-state index contributed by atoms with van der Waals surface area (Å²) in [5.41, 5.74) is 0.248. The van der Waals surface area contributed by atoms with Gasteiger partial charge in [-0.05, 0) is 44.4 Å². The first-order chi connectivity index (χ1) is 7.29. The molecule has 2 heterocycles. The van der Waals surface area contributed by atoms with Crippen molar-refractivity contribution in [3.8, 4) is 0 Å². The number of thioether (sulfide) groups is 1. The topological polar surface area (TPSA) is 21.3 Å². The van der Waals surface area contributed by atoms with Crippen LogP contribution in [0.2, 0.25) is 0 Å². The highest BCUT2D eigenvalue weighted by Crippen LogP contribution is 2.41. The second-order valence-corrected chi connectivity index (χ2v) is 6.00. The maximum absolute atomic E-state index is 6.05. The van der Waals surface area contributed by atoms with Gasteiger partial charge in [-0.15, -0.1) is 0 Å². The Hall–Kier alpha value is 0.270. The maximum Gasteiger partial charge on any atom is 0.0783 e. The lowest BCUT2D eigenvalue weighted by atomic mass is 9.80. The highest BCUT2D eigenvalue weighted by atomic mass is 32.2. The van der Waals surface area contributed by atoms with E-state index in [9.17, 15) is 0 Å². The average Bonchev–Trinajstić information content (AvgIpc) is 2.68. The Bertz CT molecular complexity index is 200. The molecule has 88 valence electrons. The summed E-state index contributed by atoms with van der Waals surface area (Å²) in [5.74, 6) is 3.35. The number of hydrogen-bond donors (Lipinski definition) is 1. The van der Waals surface area contributed by atoms with Crippen molar-refractivity contribution in [2.75, 3.05) is 25.2 Å². The summed E-state index contributed by atoms with van der Waals surface area (Å²) in [5, 5.41) is 3.47. The minimum Gasteiger partial charge on any atom is -0.374 e. The minimum atomic E-state index is 0.248. The van der Waals surface area contributed by atoms with Crippen LogP contribution in [-0.2, 0) is 4.74 Å². The summed E-state index contributed by atoms with van der Waals surface area (Å²) in [7, 11) is 2.10. The summed E-state index contributed by atoms with van der Waals surface area (Å²) in [4.78, 5) is 0. The monoisotopic (exact) mass is 229 g/mol. The molecule has 1 N–H and O–H groups in total. The number of nitrogens with one attached hydrogen (secondary N) is 1. The molecule has 2 nitrogen and oxygen atoms in total. The third-order valence-electron chi connectivity index (χ3n) is 3.98. The zero-order valence-electron chi connectivity index (χ0n) is 9.92. The van der Waals surface area contributed by atoms with Gasteiger partial charge >= 0.3 is 0 Å². The lowest BCUT2D eigenvalue weighted by Gasteiger charge is -2.40. The standard InChI is InChI=1S/C12H23NOS/c1-3-11(13-2)10-4-6-14-12(8-10)5-7-15-9-12/h10-11,13H,3-9H2,1-2H3. The molecular weight excluding hydrogens is 206 g/mol. The van der Waals surface area contributed by atoms with Gasteiger partial charge in [-0.1, -0.05) is 6.92 Å². The van der Waals surface area contributed by atoms with Crippen molar-refractivity contribution in [1.29, 1.82) is 0 Å². The molecule has 0 aromatic carbocycles. The molecule has 0 bridgehead atoms. The fourth-order valence-electron chi connectivity index (χ4n) is 3.05. The summed E-state index contributed by atoms with van der Waals surface area (Å²) >= 11 is 2.06. The highest BCUT2D eigenvalue weighted by Gasteiger charge is 2.41. The van der Waals surface area contributed by atoms with Crippen molar-refractivity contribution in [2.45, 2.75) is 44.2 Å². The average molecular weight is 229 g/mol. The SMILES string of the molecule is CCC(NC)C1CCOC2(CCSC2)C1. The molecule has 2 saturated heterocycles. The van der Waals surface area contributed by atoms with E-state index in [4.69, 9.17) is 4.74 Å². The third-order valence-corrected chi connectivity index (χ3v) is 5.20. The largest absolute Gasteiger partial charge is 0.374 e. The van der Waals surface area contributed by atoms with Crippen LogP contribution in [0.3, 0.4) is 0 Å². The van der Waals surface area contributed by atoms with Gasteiger partial charge in [0.25, 0.3) is 0 Å². The van der Waals surface area contributed by atoms with E-state index in [1.165, 1.54) is 37.2 Å². The van der Waals surface area contributed by atoms with Crippen LogP contribution in [-0.4, -0.2) is 36.8 Å². The maximum atomic E-state index is 6.05. The minimum absolute atomic E-state index is 0.248. The van der Waals surface area contributed by atoms with E-state index < -0.39 is 0 Å². The highest BCUT2D eigenvalue weighted by molar-refractivity contribution is 7.99. The van der Waals surface area contributed by atoms with Crippen molar-refractivity contribution < 1.29 is 4.74 Å². The Kier molecular flexibility index (Phi) is 3.97. The summed E-state index contributed by atoms with van der Waals surface area (Å²) in [6.07, 6.45) is 5.03. The molecule has 0 aliphatic carbocycles. The fraction of sp³-hybridized carbons (Fsp3) is 1.00. The zero-order chi connectivity index (χ0) is 10.7. The molecule has 3 atom stereocenters. The molecule has 0 saturated carbocycles. The Morgan fingerprint density at radius 2 is 2.47 bits per heavy atom. The molecule has 1 spiro atoms. The predicted octanol–water partition coefficient (Wildman–Crippen LogP) is 2.29. The van der Waals surface area contributed by atoms with Gasteiger partial charge in [0.15, 0.2) is 0 Å². The van der Waals surface area contributed by atoms with Crippen molar-refractivity contribution in [1.82, 2.24) is 5.32 Å². The first-order valence-electron chi connectivity index (χ1n) is 6.18. The van der Waals surface area contributed by atoms with Crippen molar-refractivity contribution in [2.24, 2.45) is 5.92 Å². The summed E-state index contributed by atoms with van der Waals surface area (Å²) in [6.45, 7) is 3.26. The van der Waals surface area contributed by atoms with E-state index in [0.29, 0.717) is 6.04 Å². The van der Waals surface area contributed by atoms with Crippen LogP contribution in [0.15, 0.2) is 0 Å². The van der Waals surface area contributed by atoms with Crippen molar-refractivity contribution in [3.05, 3.63) is 0 Å². The molecule has 2 fully saturated rings. The molecule has 0 amide bonds. The predicted molar refractivity (Wildman–Crippen MR) is 66.5 cm³/mol. The molecule has 3 unspecified atom stereocenters. The number of hydrogen-bond acceptors (Lipinski definition) is 3. The van der Waals surface area contributed by atoms with Gasteiger partial charge in [0, 0.05) is 18.4 Å². The second kappa shape index (κ2) is 5.07. The van der Waals surface area contributed by atoms with Gasteiger partial charge in [-0.3, -0.25) is 0 Å². The molecule has 0 aromatic heterocycles. The van der Waals surface area contributed by atoms with Crippen LogP contribution < -0.4 is 5.32 Å². The smallest absolute Gasteiger partial charge is 0.0783 e. The molecule has 0 aromatic rings. The van der Waals surface area contributed by atoms with E-state index in [1.54, 1.807) is 0 Å². The van der Waals surface area contributed by atoms with Crippen LogP contribution >= 0.6 is 11.8 Å². The number of rotatable bonds is 3. The van der Waals surface area contributed by atoms with Crippen LogP contribution in [0.25, 0.3) is 0 Å². The molecule has 0 radical (unpaired) electrons. The van der Waals surface area contributed by atoms with Gasteiger partial charge in [-0.25, -0.2) is 0 Å². The molecule has 2 aliphatic rings. The first-order valence-corrected chi connectivity index (χ1v) is 7.34. The zero-order valence-corrected chi connectivity index (χ0v) is 10.7. The normalized spacial score (nSPS) is 38.4. The van der Waals surface area contributed by atoms with Crippen LogP contribution in [0.5, 0.6) is 0 Å². The van der Waals surface area contributed by atoms with Gasteiger partial charge in [0.05, 0.1) is 5.60 Å². The molecule has 3 heteroatoms. The van der Waals surface area contributed by atoms with Crippen LogP contribution in [0.1, 0.15) is 32.6 Å². The molecule has 15 heavy (non-hydrogen) atoms. The summed E-state index contributed by atoms with van der Waals surface area (Å²) < 4.78 is 6.05. The van der Waals surface area contributed by atoms with Crippen molar-refractivity contribution in [3.63, 3.8) is 0 Å². The third kappa shape index (κ3) is 2.51. The lowest BCUT2D eigenvalue weighted by Crippen LogP contribution is -2.46. The first kappa shape index (κ1) is 11.7. The number of ether oxygens (including phenoxy) is 1. The Labute approximate surface area is 97.5 Å². The van der Waals surface area contributed by atoms with Crippen LogP contribution in [0.4, 0.5) is 0 Å². The molecule has 2 aliphatic heterocycles. The quantitative estimate of drug-likeness (QED) is 0.802. The van der Waals surface area contributed by atoms with Crippen molar-refractivity contribution >= 4 is 11.8 Å². The van der Waals surface area contributed by atoms with E-state index in [2.05, 4.69) is 31.1 Å². The summed E-state index contributed by atoms with van der Waals surface area (Å²) in [6, 6.07) is 0.691. The molecular formula is C12H23NOS. The van der Waals surface area contributed by atoms with Gasteiger partial charge in [0.2, 0.25) is 0 Å². The Morgan fingerprint density at radius 1 is 1.60 bits per heavy atom. The lowest BCUT2D eigenvalue weighted by molar-refractivity contribution is -0.0849. The Balaban J connectivity index is 1.96. The van der Waals surface area contributed by atoms with E-state index >= 15 is 0 Å². The molecule has 2 rings (SSSR count). The van der Waals surface area contributed by atoms with E-state index in [1.807, 2.05) is 0 Å². The van der Waals surface area contributed by atoms with Gasteiger partial charge in [0.1, 0.15) is 0 Å². The van der Waals surface area contributed by atoms with E-state index in [-0.39, 0.29) is 5.60 Å². The fourth-order valence-corrected chi connectivity index (χ4v) is 4.42. The van der Waals surface area contributed by atoms with Gasteiger partial charge < -0.3 is 10.1 Å². The van der Waals surface area contributed by atoms with E-state index in [0.717, 1.165) is 12.5 Å². The van der Waals surface area contributed by atoms with Gasteiger partial charge in [-0.2, -0.15) is 11.8 Å².